The van der Waals surface area contributed by atoms with Crippen molar-refractivity contribution in [3.63, 3.8) is 0 Å². The van der Waals surface area contributed by atoms with Crippen molar-refractivity contribution in [3.8, 4) is 0 Å². The van der Waals surface area contributed by atoms with Gasteiger partial charge in [-0.25, -0.2) is 0 Å². The Morgan fingerprint density at radius 1 is 1.12 bits per heavy atom. The molecule has 0 radical (unpaired) electrons. The van der Waals surface area contributed by atoms with Gasteiger partial charge in [-0.05, 0) is 5.41 Å². The van der Waals surface area contributed by atoms with E-state index in [1.807, 2.05) is 13.8 Å². The molecule has 50 valence electrons. The van der Waals surface area contributed by atoms with Gasteiger partial charge in [-0.15, -0.1) is 0 Å². The Hall–Kier alpha value is -0.0400. The van der Waals surface area contributed by atoms with Crippen LogP contribution < -0.4 is 5.32 Å². The molecule has 0 aliphatic carbocycles. The van der Waals surface area contributed by atoms with Gasteiger partial charge in [0.2, 0.25) is 0 Å². The minimum absolute atomic E-state index is 0.611. The lowest BCUT2D eigenvalue weighted by Gasteiger charge is -2.35. The predicted octanol–water partition coefficient (Wildman–Crippen LogP) is 1.64. The molecule has 1 N–H and O–H groups in total. The summed E-state index contributed by atoms with van der Waals surface area (Å²) in [6.07, 6.45) is 0. The van der Waals surface area contributed by atoms with Gasteiger partial charge in [-0.2, -0.15) is 0 Å². The molecule has 1 saturated heterocycles. The molecular formula is C7H17N. The van der Waals surface area contributed by atoms with E-state index in [0.717, 1.165) is 0 Å². The third kappa shape index (κ3) is 2.31. The van der Waals surface area contributed by atoms with Crippen molar-refractivity contribution in [2.24, 2.45) is 5.41 Å². The highest BCUT2D eigenvalue weighted by Gasteiger charge is 2.24. The first-order valence-corrected chi connectivity index (χ1v) is 3.41. The monoisotopic (exact) mass is 115 g/mol. The largest absolute Gasteiger partial charge is 0.316 e. The molecule has 1 heteroatoms. The second-order valence-corrected chi connectivity index (χ2v) is 2.77. The lowest BCUT2D eigenvalue weighted by atomic mass is 9.87. The van der Waals surface area contributed by atoms with Crippen molar-refractivity contribution in [3.05, 3.63) is 0 Å². The summed E-state index contributed by atoms with van der Waals surface area (Å²) < 4.78 is 0. The van der Waals surface area contributed by atoms with Gasteiger partial charge in [-0.3, -0.25) is 0 Å². The predicted molar refractivity (Wildman–Crippen MR) is 38.0 cm³/mol. The Morgan fingerprint density at radius 3 is 1.38 bits per heavy atom. The average molecular weight is 115 g/mol. The minimum atomic E-state index is 0.611. The Bertz CT molecular complexity index is 51.4. The summed E-state index contributed by atoms with van der Waals surface area (Å²) in [4.78, 5) is 0. The highest BCUT2D eigenvalue weighted by atomic mass is 15.0. The van der Waals surface area contributed by atoms with Crippen molar-refractivity contribution >= 4 is 0 Å². The van der Waals surface area contributed by atoms with Crippen LogP contribution in [0.4, 0.5) is 0 Å². The van der Waals surface area contributed by atoms with E-state index in [2.05, 4.69) is 19.2 Å². The lowest BCUT2D eigenvalue weighted by molar-refractivity contribution is 0.226. The molecule has 1 nitrogen and oxygen atoms in total. The summed E-state index contributed by atoms with van der Waals surface area (Å²) in [5, 5.41) is 3.20. The highest BCUT2D eigenvalue weighted by molar-refractivity contribution is 4.82. The van der Waals surface area contributed by atoms with E-state index in [1.165, 1.54) is 13.1 Å². The van der Waals surface area contributed by atoms with E-state index in [0.29, 0.717) is 5.41 Å². The van der Waals surface area contributed by atoms with Gasteiger partial charge in [0.15, 0.2) is 0 Å². The summed E-state index contributed by atoms with van der Waals surface area (Å²) in [6.45, 7) is 10.9. The molecule has 0 aromatic carbocycles. The molecule has 1 fully saturated rings. The van der Waals surface area contributed by atoms with Gasteiger partial charge >= 0.3 is 0 Å². The number of hydrogen-bond acceptors (Lipinski definition) is 1. The first-order valence-electron chi connectivity index (χ1n) is 3.41. The van der Waals surface area contributed by atoms with Crippen molar-refractivity contribution in [1.29, 1.82) is 0 Å². The van der Waals surface area contributed by atoms with E-state index >= 15 is 0 Å². The molecule has 0 spiro atoms. The SMILES string of the molecule is CC.CC1(C)CNC1. The lowest BCUT2D eigenvalue weighted by Crippen LogP contribution is -2.49. The summed E-state index contributed by atoms with van der Waals surface area (Å²) in [5.74, 6) is 0. The van der Waals surface area contributed by atoms with Crippen LogP contribution >= 0.6 is 0 Å². The van der Waals surface area contributed by atoms with Crippen LogP contribution in [0.25, 0.3) is 0 Å². The van der Waals surface area contributed by atoms with Gasteiger partial charge in [0, 0.05) is 13.1 Å². The fourth-order valence-electron chi connectivity index (χ4n) is 0.625. The smallest absolute Gasteiger partial charge is 0.00149 e. The zero-order chi connectivity index (χ0) is 6.62. The molecule has 0 aromatic rings. The van der Waals surface area contributed by atoms with Crippen molar-refractivity contribution in [1.82, 2.24) is 5.32 Å². The van der Waals surface area contributed by atoms with E-state index in [4.69, 9.17) is 0 Å². The highest BCUT2D eigenvalue weighted by Crippen LogP contribution is 2.18. The zero-order valence-electron chi connectivity index (χ0n) is 6.41. The molecule has 1 rings (SSSR count). The van der Waals surface area contributed by atoms with E-state index < -0.39 is 0 Å². The third-order valence-corrected chi connectivity index (χ3v) is 1.21. The Morgan fingerprint density at radius 2 is 1.38 bits per heavy atom. The molecular weight excluding hydrogens is 98.1 g/mol. The van der Waals surface area contributed by atoms with Gasteiger partial charge < -0.3 is 5.32 Å². The molecule has 8 heavy (non-hydrogen) atoms. The normalized spacial score (nSPS) is 22.5. The van der Waals surface area contributed by atoms with Crippen LogP contribution in [-0.4, -0.2) is 13.1 Å². The third-order valence-electron chi connectivity index (χ3n) is 1.21. The standard InChI is InChI=1S/C5H11N.C2H6/c1-5(2)3-6-4-5;1-2/h6H,3-4H2,1-2H3;1-2H3. The minimum Gasteiger partial charge on any atom is -0.316 e. The van der Waals surface area contributed by atoms with E-state index in [1.54, 1.807) is 0 Å². The van der Waals surface area contributed by atoms with Crippen LogP contribution in [0.5, 0.6) is 0 Å². The van der Waals surface area contributed by atoms with Crippen LogP contribution in [0, 0.1) is 5.41 Å². The molecule has 1 aliphatic heterocycles. The Kier molecular flexibility index (Phi) is 3.06. The van der Waals surface area contributed by atoms with Crippen LogP contribution in [0.3, 0.4) is 0 Å². The second-order valence-electron chi connectivity index (χ2n) is 2.77. The molecule has 0 saturated carbocycles. The number of nitrogens with one attached hydrogen (secondary N) is 1. The fraction of sp³-hybridized carbons (Fsp3) is 1.00. The first-order chi connectivity index (χ1) is 3.71. The maximum Gasteiger partial charge on any atom is 0.00149 e. The molecule has 0 amide bonds. The van der Waals surface area contributed by atoms with Crippen molar-refractivity contribution in [2.75, 3.05) is 13.1 Å². The van der Waals surface area contributed by atoms with E-state index in [9.17, 15) is 0 Å². The maximum atomic E-state index is 3.20. The number of hydrogen-bond donors (Lipinski definition) is 1. The van der Waals surface area contributed by atoms with Crippen LogP contribution in [0.1, 0.15) is 27.7 Å². The summed E-state index contributed by atoms with van der Waals surface area (Å²) >= 11 is 0. The molecule has 0 unspecified atom stereocenters. The van der Waals surface area contributed by atoms with Crippen molar-refractivity contribution in [2.45, 2.75) is 27.7 Å². The second kappa shape index (κ2) is 3.08. The van der Waals surface area contributed by atoms with Crippen LogP contribution in [-0.2, 0) is 0 Å². The van der Waals surface area contributed by atoms with Crippen molar-refractivity contribution < 1.29 is 0 Å². The zero-order valence-corrected chi connectivity index (χ0v) is 6.41. The fourth-order valence-corrected chi connectivity index (χ4v) is 0.625. The summed E-state index contributed by atoms with van der Waals surface area (Å²) in [7, 11) is 0. The van der Waals surface area contributed by atoms with Gasteiger partial charge in [-0.1, -0.05) is 27.7 Å². The molecule has 0 aromatic heterocycles. The quantitative estimate of drug-likeness (QED) is 0.506. The molecule has 0 bridgehead atoms. The Balaban J connectivity index is 0.000000222. The van der Waals surface area contributed by atoms with Crippen LogP contribution in [0.15, 0.2) is 0 Å². The molecule has 1 heterocycles. The topological polar surface area (TPSA) is 12.0 Å². The van der Waals surface area contributed by atoms with E-state index in [-0.39, 0.29) is 0 Å². The summed E-state index contributed by atoms with van der Waals surface area (Å²) in [5.41, 5.74) is 0.611. The summed E-state index contributed by atoms with van der Waals surface area (Å²) in [6, 6.07) is 0. The number of rotatable bonds is 0. The van der Waals surface area contributed by atoms with Gasteiger partial charge in [0.05, 0.1) is 0 Å². The average Bonchev–Trinajstić information content (AvgIpc) is 1.69. The first kappa shape index (κ1) is 7.96. The van der Waals surface area contributed by atoms with Gasteiger partial charge in [0.1, 0.15) is 0 Å². The van der Waals surface area contributed by atoms with Crippen LogP contribution in [0.2, 0.25) is 0 Å². The maximum absolute atomic E-state index is 3.20. The van der Waals surface area contributed by atoms with Gasteiger partial charge in [0.25, 0.3) is 0 Å². The Labute approximate surface area is 52.5 Å². The molecule has 0 atom stereocenters. The molecule has 1 aliphatic rings.